The van der Waals surface area contributed by atoms with Crippen LogP contribution in [0.5, 0.6) is 0 Å². The van der Waals surface area contributed by atoms with E-state index < -0.39 is 5.60 Å². The van der Waals surface area contributed by atoms with Crippen molar-refractivity contribution >= 4 is 17.9 Å². The monoisotopic (exact) mass is 328 g/mol. The molecule has 0 radical (unpaired) electrons. The summed E-state index contributed by atoms with van der Waals surface area (Å²) in [7, 11) is 0. The number of carbonyl (C=O) groups excluding carboxylic acids is 1. The summed E-state index contributed by atoms with van der Waals surface area (Å²) in [5.74, 6) is 0. The Hall–Kier alpha value is -0.420. The van der Waals surface area contributed by atoms with Gasteiger partial charge in [-0.15, -0.1) is 0 Å². The average molecular weight is 329 g/mol. The van der Waals surface area contributed by atoms with Crippen molar-refractivity contribution in [3.8, 4) is 0 Å². The van der Waals surface area contributed by atoms with Crippen LogP contribution in [-0.4, -0.2) is 53.3 Å². The maximum atomic E-state index is 12.1. The molecule has 4 nitrogen and oxygen atoms in total. The molecule has 0 bridgehead atoms. The first-order valence-electron chi connectivity index (χ1n) is 8.64. The normalized spacial score (nSPS) is 27.7. The Bertz CT molecular complexity index is 362. The molecule has 1 N–H and O–H groups in total. The number of rotatable bonds is 3. The molecule has 0 spiro atoms. The largest absolute Gasteiger partial charge is 0.444 e. The summed E-state index contributed by atoms with van der Waals surface area (Å²) in [6.07, 6.45) is 9.48. The summed E-state index contributed by atoms with van der Waals surface area (Å²) in [5.41, 5.74) is -0.402. The van der Waals surface area contributed by atoms with E-state index in [1.54, 1.807) is 0 Å². The lowest BCUT2D eigenvalue weighted by Crippen LogP contribution is -2.49. The van der Waals surface area contributed by atoms with Gasteiger partial charge in [-0.25, -0.2) is 4.79 Å². The zero-order valence-corrected chi connectivity index (χ0v) is 15.4. The number of nitrogens with one attached hydrogen (secondary N) is 1. The van der Waals surface area contributed by atoms with Crippen molar-refractivity contribution in [3.63, 3.8) is 0 Å². The molecule has 1 aliphatic heterocycles. The fourth-order valence-corrected chi connectivity index (χ4v) is 4.23. The van der Waals surface area contributed by atoms with Gasteiger partial charge >= 0.3 is 6.09 Å². The Labute approximate surface area is 139 Å². The number of nitrogens with zero attached hydrogens (tertiary/aromatic N) is 1. The predicted octanol–water partition coefficient (Wildman–Crippen LogP) is 3.65. The van der Waals surface area contributed by atoms with Crippen LogP contribution in [0, 0.1) is 0 Å². The third-order valence-electron chi connectivity index (χ3n) is 4.58. The topological polar surface area (TPSA) is 41.6 Å². The summed E-state index contributed by atoms with van der Waals surface area (Å²) in [6.45, 7) is 7.38. The minimum absolute atomic E-state index is 0.161. The van der Waals surface area contributed by atoms with Crippen molar-refractivity contribution in [3.05, 3.63) is 0 Å². The van der Waals surface area contributed by atoms with Gasteiger partial charge in [0.1, 0.15) is 5.60 Å². The smallest absolute Gasteiger partial charge is 0.410 e. The third kappa shape index (κ3) is 5.65. The maximum Gasteiger partial charge on any atom is 0.410 e. The first-order valence-corrected chi connectivity index (χ1v) is 9.93. The minimum atomic E-state index is -0.402. The number of carbonyl (C=O) groups is 1. The Morgan fingerprint density at radius 2 is 1.82 bits per heavy atom. The van der Waals surface area contributed by atoms with E-state index in [-0.39, 0.29) is 6.09 Å². The highest BCUT2D eigenvalue weighted by Gasteiger charge is 2.29. The van der Waals surface area contributed by atoms with E-state index in [9.17, 15) is 4.79 Å². The van der Waals surface area contributed by atoms with Crippen molar-refractivity contribution in [1.29, 1.82) is 0 Å². The molecule has 1 heterocycles. The number of piperidine rings is 1. The Morgan fingerprint density at radius 1 is 1.14 bits per heavy atom. The number of hydrogen-bond donors (Lipinski definition) is 1. The van der Waals surface area contributed by atoms with Gasteiger partial charge in [-0.05, 0) is 59.1 Å². The molecule has 0 aromatic heterocycles. The molecule has 5 heteroatoms. The molecule has 128 valence electrons. The first kappa shape index (κ1) is 17.9. The SMILES string of the molecule is CSC1CCCC(NC2CCN(C(=O)OC(C)(C)C)CC2)C1. The molecule has 2 unspecified atom stereocenters. The van der Waals surface area contributed by atoms with Gasteiger partial charge in [0, 0.05) is 30.4 Å². The summed E-state index contributed by atoms with van der Waals surface area (Å²) in [4.78, 5) is 13.9. The summed E-state index contributed by atoms with van der Waals surface area (Å²) < 4.78 is 5.45. The molecule has 1 aliphatic carbocycles. The zero-order valence-electron chi connectivity index (χ0n) is 14.6. The third-order valence-corrected chi connectivity index (χ3v) is 5.67. The van der Waals surface area contributed by atoms with Crippen LogP contribution in [-0.2, 0) is 4.74 Å². The molecule has 1 saturated heterocycles. The van der Waals surface area contributed by atoms with E-state index in [1.807, 2.05) is 37.4 Å². The zero-order chi connectivity index (χ0) is 16.2. The Kier molecular flexibility index (Phi) is 6.45. The quantitative estimate of drug-likeness (QED) is 0.858. The molecule has 2 fully saturated rings. The van der Waals surface area contributed by atoms with Gasteiger partial charge in [-0.3, -0.25) is 0 Å². The molecular formula is C17H32N2O2S. The van der Waals surface area contributed by atoms with Gasteiger partial charge in [0.15, 0.2) is 0 Å². The van der Waals surface area contributed by atoms with Crippen LogP contribution in [0.3, 0.4) is 0 Å². The molecule has 2 aliphatic rings. The van der Waals surface area contributed by atoms with Crippen LogP contribution in [0.1, 0.15) is 59.3 Å². The van der Waals surface area contributed by atoms with Gasteiger partial charge in [-0.1, -0.05) is 6.42 Å². The Balaban J connectivity index is 1.72. The summed E-state index contributed by atoms with van der Waals surface area (Å²) >= 11 is 2.01. The highest BCUT2D eigenvalue weighted by molar-refractivity contribution is 7.99. The van der Waals surface area contributed by atoms with E-state index in [4.69, 9.17) is 4.74 Å². The number of hydrogen-bond acceptors (Lipinski definition) is 4. The van der Waals surface area contributed by atoms with Crippen LogP contribution in [0.25, 0.3) is 0 Å². The van der Waals surface area contributed by atoms with E-state index in [0.29, 0.717) is 12.1 Å². The maximum absolute atomic E-state index is 12.1. The van der Waals surface area contributed by atoms with Gasteiger partial charge < -0.3 is 15.0 Å². The molecule has 22 heavy (non-hydrogen) atoms. The number of thioether (sulfide) groups is 1. The molecule has 1 saturated carbocycles. The van der Waals surface area contributed by atoms with Crippen LogP contribution in [0.2, 0.25) is 0 Å². The lowest BCUT2D eigenvalue weighted by molar-refractivity contribution is 0.0194. The summed E-state index contributed by atoms with van der Waals surface area (Å²) in [5, 5.41) is 4.66. The predicted molar refractivity (Wildman–Crippen MR) is 93.5 cm³/mol. The van der Waals surface area contributed by atoms with Crippen molar-refractivity contribution in [2.24, 2.45) is 0 Å². The van der Waals surface area contributed by atoms with E-state index in [2.05, 4.69) is 11.6 Å². The molecule has 0 aromatic rings. The van der Waals surface area contributed by atoms with Crippen LogP contribution < -0.4 is 5.32 Å². The van der Waals surface area contributed by atoms with Crippen molar-refractivity contribution < 1.29 is 9.53 Å². The van der Waals surface area contributed by atoms with E-state index >= 15 is 0 Å². The fourth-order valence-electron chi connectivity index (χ4n) is 3.40. The number of amides is 1. The highest BCUT2D eigenvalue weighted by atomic mass is 32.2. The first-order chi connectivity index (χ1) is 10.4. The van der Waals surface area contributed by atoms with Crippen molar-refractivity contribution in [2.75, 3.05) is 19.3 Å². The van der Waals surface area contributed by atoms with E-state index in [0.717, 1.165) is 31.2 Å². The van der Waals surface area contributed by atoms with Crippen LogP contribution in [0.15, 0.2) is 0 Å². The lowest BCUT2D eigenvalue weighted by Gasteiger charge is -2.37. The molecule has 2 atom stereocenters. The standard InChI is InChI=1S/C17H32N2O2S/c1-17(2,3)21-16(20)19-10-8-13(9-11-19)18-14-6-5-7-15(12-14)22-4/h13-15,18H,5-12H2,1-4H3. The molecule has 2 rings (SSSR count). The number of ether oxygens (including phenoxy) is 1. The van der Waals surface area contributed by atoms with Crippen LogP contribution >= 0.6 is 11.8 Å². The van der Waals surface area contributed by atoms with Crippen molar-refractivity contribution in [1.82, 2.24) is 10.2 Å². The second-order valence-corrected chi connectivity index (χ2v) is 8.77. The van der Waals surface area contributed by atoms with Crippen molar-refractivity contribution in [2.45, 2.75) is 82.2 Å². The molecule has 0 aromatic carbocycles. The molecular weight excluding hydrogens is 296 g/mol. The van der Waals surface area contributed by atoms with Gasteiger partial charge in [-0.2, -0.15) is 11.8 Å². The van der Waals surface area contributed by atoms with Gasteiger partial charge in [0.25, 0.3) is 0 Å². The summed E-state index contributed by atoms with van der Waals surface area (Å²) in [6, 6.07) is 1.23. The van der Waals surface area contributed by atoms with Gasteiger partial charge in [0.05, 0.1) is 0 Å². The number of likely N-dealkylation sites (tertiary alicyclic amines) is 1. The second-order valence-electron chi connectivity index (χ2n) is 7.63. The Morgan fingerprint density at radius 3 is 2.41 bits per heavy atom. The van der Waals surface area contributed by atoms with Crippen LogP contribution in [0.4, 0.5) is 4.79 Å². The highest BCUT2D eigenvalue weighted by Crippen LogP contribution is 2.28. The van der Waals surface area contributed by atoms with E-state index in [1.165, 1.54) is 25.7 Å². The fraction of sp³-hybridized carbons (Fsp3) is 0.941. The lowest BCUT2D eigenvalue weighted by atomic mass is 9.93. The molecule has 1 amide bonds. The van der Waals surface area contributed by atoms with Gasteiger partial charge in [0.2, 0.25) is 0 Å². The minimum Gasteiger partial charge on any atom is -0.444 e. The second kappa shape index (κ2) is 7.91. The average Bonchev–Trinajstić information content (AvgIpc) is 2.46.